The van der Waals surface area contributed by atoms with Crippen molar-refractivity contribution in [2.24, 2.45) is 0 Å². The summed E-state index contributed by atoms with van der Waals surface area (Å²) in [6.45, 7) is 1.63. The molecule has 0 saturated heterocycles. The van der Waals surface area contributed by atoms with E-state index < -0.39 is 17.6 Å². The largest absolute Gasteiger partial charge is 0.493 e. The van der Waals surface area contributed by atoms with Gasteiger partial charge in [-0.1, -0.05) is 6.07 Å². The smallest absolute Gasteiger partial charge is 0.416 e. The van der Waals surface area contributed by atoms with Crippen LogP contribution in [0.3, 0.4) is 0 Å². The molecule has 0 saturated carbocycles. The summed E-state index contributed by atoms with van der Waals surface area (Å²) >= 11 is 0. The van der Waals surface area contributed by atoms with E-state index in [9.17, 15) is 22.4 Å². The summed E-state index contributed by atoms with van der Waals surface area (Å²) in [5, 5.41) is 7.04. The van der Waals surface area contributed by atoms with E-state index in [1.54, 1.807) is 31.2 Å². The first-order valence-electron chi connectivity index (χ1n) is 11.8. The predicted octanol–water partition coefficient (Wildman–Crippen LogP) is 6.19. The maximum Gasteiger partial charge on any atom is 0.416 e. The molecule has 0 fully saturated rings. The second-order valence-corrected chi connectivity index (χ2v) is 8.73. The molecule has 3 heterocycles. The predicted molar refractivity (Wildman–Crippen MR) is 139 cm³/mol. The highest BCUT2D eigenvalue weighted by molar-refractivity contribution is 6.04. The number of halogens is 4. The van der Waals surface area contributed by atoms with Gasteiger partial charge in [-0.25, -0.2) is 18.9 Å². The van der Waals surface area contributed by atoms with Crippen molar-refractivity contribution in [2.45, 2.75) is 13.1 Å². The number of methoxy groups -OCH3 is 2. The van der Waals surface area contributed by atoms with Crippen LogP contribution in [0.1, 0.15) is 21.5 Å². The van der Waals surface area contributed by atoms with Crippen molar-refractivity contribution in [3.8, 4) is 34.1 Å². The molecule has 2 aromatic carbocycles. The molecule has 0 unspecified atom stereocenters. The van der Waals surface area contributed by atoms with E-state index >= 15 is 0 Å². The van der Waals surface area contributed by atoms with Crippen molar-refractivity contribution in [1.82, 2.24) is 19.6 Å². The van der Waals surface area contributed by atoms with E-state index in [-0.39, 0.29) is 23.1 Å². The lowest BCUT2D eigenvalue weighted by molar-refractivity contribution is -0.137. The van der Waals surface area contributed by atoms with Gasteiger partial charge < -0.3 is 14.8 Å². The molecule has 40 heavy (non-hydrogen) atoms. The van der Waals surface area contributed by atoms with Crippen molar-refractivity contribution >= 4 is 17.4 Å². The Labute approximate surface area is 225 Å². The van der Waals surface area contributed by atoms with Crippen LogP contribution in [0.25, 0.3) is 28.2 Å². The molecule has 0 spiro atoms. The molecule has 12 heteroatoms. The fraction of sp³-hybridized carbons (Fsp3) is 0.143. The third kappa shape index (κ3) is 5.03. The number of aryl methyl sites for hydroxylation is 1. The molecule has 1 N–H and O–H groups in total. The van der Waals surface area contributed by atoms with E-state index in [1.165, 1.54) is 43.1 Å². The summed E-state index contributed by atoms with van der Waals surface area (Å²) in [7, 11) is 2.92. The molecule has 3 aromatic heterocycles. The summed E-state index contributed by atoms with van der Waals surface area (Å²) < 4.78 is 65.8. The number of imidazole rings is 1. The Kier molecular flexibility index (Phi) is 6.84. The fourth-order valence-electron chi connectivity index (χ4n) is 4.15. The Balaban J connectivity index is 1.63. The minimum absolute atomic E-state index is 0.0750. The molecule has 0 aliphatic rings. The highest BCUT2D eigenvalue weighted by atomic mass is 19.4. The Morgan fingerprint density at radius 2 is 1.77 bits per heavy atom. The number of aromatic nitrogens is 4. The van der Waals surface area contributed by atoms with Gasteiger partial charge >= 0.3 is 6.18 Å². The first-order valence-corrected chi connectivity index (χ1v) is 11.8. The standard InChI is InChI=1S/C28H21F4N5O3/c1-15-11-16(7-8-20(15)29)24-25(37-26(35-24)21(39-2)14-23(36-37)40-3)17-9-10-33-22(13-17)34-27(38)18-5-4-6-19(12-18)28(30,31)32/h4-14H,1-3H3,(H,33,34,38). The van der Waals surface area contributed by atoms with Gasteiger partial charge in [-0.05, 0) is 61.0 Å². The second kappa shape index (κ2) is 10.3. The number of rotatable bonds is 6. The van der Waals surface area contributed by atoms with Crippen LogP contribution in [0, 0.1) is 12.7 Å². The van der Waals surface area contributed by atoms with Crippen LogP contribution in [0.4, 0.5) is 23.4 Å². The summed E-state index contributed by atoms with van der Waals surface area (Å²) in [6.07, 6.45) is -3.17. The topological polar surface area (TPSA) is 90.6 Å². The number of nitrogens with zero attached hydrogens (tertiary/aromatic N) is 4. The highest BCUT2D eigenvalue weighted by Crippen LogP contribution is 2.37. The number of fused-ring (bicyclic) bond motifs is 1. The lowest BCUT2D eigenvalue weighted by Gasteiger charge is -2.11. The van der Waals surface area contributed by atoms with E-state index in [1.807, 2.05) is 0 Å². The normalized spacial score (nSPS) is 11.5. The number of benzene rings is 2. The average Bonchev–Trinajstić information content (AvgIpc) is 3.33. The maximum absolute atomic E-state index is 14.1. The lowest BCUT2D eigenvalue weighted by Crippen LogP contribution is -2.14. The highest BCUT2D eigenvalue weighted by Gasteiger charge is 2.31. The van der Waals surface area contributed by atoms with Crippen LogP contribution in [-0.2, 0) is 6.18 Å². The van der Waals surface area contributed by atoms with Gasteiger partial charge in [-0.15, -0.1) is 5.10 Å². The summed E-state index contributed by atoms with van der Waals surface area (Å²) in [5.41, 5.74) is 1.60. The monoisotopic (exact) mass is 551 g/mol. The van der Waals surface area contributed by atoms with Crippen molar-refractivity contribution < 1.29 is 31.8 Å². The third-order valence-corrected chi connectivity index (χ3v) is 6.12. The Morgan fingerprint density at radius 1 is 0.975 bits per heavy atom. The van der Waals surface area contributed by atoms with Gasteiger partial charge in [-0.3, -0.25) is 4.79 Å². The third-order valence-electron chi connectivity index (χ3n) is 6.12. The van der Waals surface area contributed by atoms with Crippen LogP contribution < -0.4 is 14.8 Å². The van der Waals surface area contributed by atoms with Gasteiger partial charge in [-0.2, -0.15) is 13.2 Å². The maximum atomic E-state index is 14.1. The first-order chi connectivity index (χ1) is 19.1. The number of hydrogen-bond acceptors (Lipinski definition) is 6. The zero-order chi connectivity index (χ0) is 28.6. The number of hydrogen-bond donors (Lipinski definition) is 1. The molecule has 5 rings (SSSR count). The summed E-state index contributed by atoms with van der Waals surface area (Å²) in [4.78, 5) is 21.7. The zero-order valence-electron chi connectivity index (χ0n) is 21.4. The van der Waals surface area contributed by atoms with Crippen LogP contribution in [0.2, 0.25) is 0 Å². The lowest BCUT2D eigenvalue weighted by atomic mass is 10.0. The van der Waals surface area contributed by atoms with Crippen molar-refractivity contribution in [3.63, 3.8) is 0 Å². The molecule has 8 nitrogen and oxygen atoms in total. The number of carbonyl (C=O) groups is 1. The molecule has 204 valence electrons. The molecule has 0 bridgehead atoms. The molecular formula is C28H21F4N5O3. The van der Waals surface area contributed by atoms with E-state index in [2.05, 4.69) is 15.4 Å². The average molecular weight is 552 g/mol. The van der Waals surface area contributed by atoms with Gasteiger partial charge in [0, 0.05) is 29.0 Å². The van der Waals surface area contributed by atoms with Crippen LogP contribution in [0.15, 0.2) is 66.9 Å². The van der Waals surface area contributed by atoms with Gasteiger partial charge in [0.1, 0.15) is 17.3 Å². The van der Waals surface area contributed by atoms with E-state index in [0.717, 1.165) is 18.2 Å². The first kappa shape index (κ1) is 26.6. The summed E-state index contributed by atoms with van der Waals surface area (Å²) in [6, 6.07) is 13.4. The van der Waals surface area contributed by atoms with E-state index in [0.29, 0.717) is 39.5 Å². The number of amides is 1. The van der Waals surface area contributed by atoms with Crippen LogP contribution >= 0.6 is 0 Å². The minimum Gasteiger partial charge on any atom is -0.493 e. The molecule has 0 atom stereocenters. The Hall–Kier alpha value is -5.00. The van der Waals surface area contributed by atoms with Crippen LogP contribution in [0.5, 0.6) is 11.6 Å². The fourth-order valence-corrected chi connectivity index (χ4v) is 4.15. The van der Waals surface area contributed by atoms with Crippen molar-refractivity contribution in [2.75, 3.05) is 19.5 Å². The van der Waals surface area contributed by atoms with Crippen molar-refractivity contribution in [3.05, 3.63) is 89.4 Å². The van der Waals surface area contributed by atoms with Gasteiger partial charge in [0.05, 0.1) is 25.5 Å². The number of ether oxygens (including phenoxy) is 2. The van der Waals surface area contributed by atoms with E-state index in [4.69, 9.17) is 14.5 Å². The second-order valence-electron chi connectivity index (χ2n) is 8.73. The number of carbonyl (C=O) groups excluding carboxylic acids is 1. The van der Waals surface area contributed by atoms with Gasteiger partial charge in [0.15, 0.2) is 11.4 Å². The molecule has 0 aliphatic heterocycles. The quantitative estimate of drug-likeness (QED) is 0.253. The van der Waals surface area contributed by atoms with Gasteiger partial charge in [0.2, 0.25) is 5.88 Å². The molecule has 0 aliphatic carbocycles. The SMILES string of the molecule is COc1cc(OC)c2nc(-c3ccc(F)c(C)c3)c(-c3ccnc(NC(=O)c4cccc(C(F)(F)F)c4)c3)n2n1. The number of anilines is 1. The molecule has 0 radical (unpaired) electrons. The number of alkyl halides is 3. The molecule has 1 amide bonds. The Bertz CT molecular complexity index is 1750. The zero-order valence-corrected chi connectivity index (χ0v) is 21.4. The number of nitrogens with one attached hydrogen (secondary N) is 1. The van der Waals surface area contributed by atoms with Crippen molar-refractivity contribution in [1.29, 1.82) is 0 Å². The molecular weight excluding hydrogens is 530 g/mol. The van der Waals surface area contributed by atoms with Gasteiger partial charge in [0.25, 0.3) is 5.91 Å². The molecule has 5 aromatic rings. The number of pyridine rings is 1. The summed E-state index contributed by atoms with van der Waals surface area (Å²) in [5.74, 6) is -0.479. The minimum atomic E-state index is -4.60. The Morgan fingerprint density at radius 3 is 2.48 bits per heavy atom. The van der Waals surface area contributed by atoms with Crippen LogP contribution in [-0.4, -0.2) is 39.7 Å².